The summed E-state index contributed by atoms with van der Waals surface area (Å²) in [5.74, 6) is 1.21. The number of aromatic nitrogens is 2. The minimum absolute atomic E-state index is 0.173. The predicted octanol–water partition coefficient (Wildman–Crippen LogP) is 5.47. The van der Waals surface area contributed by atoms with Gasteiger partial charge in [0.25, 0.3) is 5.91 Å². The van der Waals surface area contributed by atoms with Gasteiger partial charge in [0, 0.05) is 11.4 Å². The minimum Gasteiger partial charge on any atom is -0.490 e. The summed E-state index contributed by atoms with van der Waals surface area (Å²) in [6, 6.07) is 22.0. The van der Waals surface area contributed by atoms with E-state index in [2.05, 4.69) is 50.8 Å². The van der Waals surface area contributed by atoms with Crippen LogP contribution in [0.5, 0.6) is 11.5 Å². The third kappa shape index (κ3) is 7.05. The number of nitrogens with zero attached hydrogens (tertiary/aromatic N) is 3. The first-order valence-corrected chi connectivity index (χ1v) is 12.6. The number of aryl methyl sites for hydroxylation is 2. The highest BCUT2D eigenvalue weighted by Crippen LogP contribution is 2.29. The topological polar surface area (TPSA) is 85.7 Å². The molecule has 1 heterocycles. The number of hydrogen-bond acceptors (Lipinski definition) is 7. The molecule has 0 saturated heterocycles. The van der Waals surface area contributed by atoms with Crippen molar-refractivity contribution in [3.8, 4) is 11.5 Å². The predicted molar refractivity (Wildman–Crippen MR) is 144 cm³/mol. The van der Waals surface area contributed by atoms with Crippen LogP contribution in [-0.4, -0.2) is 34.4 Å². The first kappa shape index (κ1) is 25.2. The van der Waals surface area contributed by atoms with Crippen molar-refractivity contribution in [1.29, 1.82) is 0 Å². The van der Waals surface area contributed by atoms with E-state index in [9.17, 15) is 4.79 Å². The number of hydrogen-bond donors (Lipinski definition) is 1. The molecule has 0 atom stereocenters. The summed E-state index contributed by atoms with van der Waals surface area (Å²) in [5.41, 5.74) is 6.14. The number of ether oxygens (including phenoxy) is 2. The lowest BCUT2D eigenvalue weighted by molar-refractivity contribution is -0.118. The summed E-state index contributed by atoms with van der Waals surface area (Å²) >= 11 is 1.27. The summed E-state index contributed by atoms with van der Waals surface area (Å²) in [6.45, 7) is 6.65. The van der Waals surface area contributed by atoms with E-state index in [0.29, 0.717) is 29.9 Å². The lowest BCUT2D eigenvalue weighted by atomic mass is 10.1. The zero-order valence-electron chi connectivity index (χ0n) is 20.5. The maximum Gasteiger partial charge on any atom is 0.250 e. The Kier molecular flexibility index (Phi) is 8.52. The van der Waals surface area contributed by atoms with Crippen molar-refractivity contribution < 1.29 is 14.3 Å². The van der Waals surface area contributed by atoms with Gasteiger partial charge < -0.3 is 9.47 Å². The van der Waals surface area contributed by atoms with Crippen molar-refractivity contribution in [3.05, 3.63) is 89.2 Å². The maximum absolute atomic E-state index is 12.2. The van der Waals surface area contributed by atoms with E-state index < -0.39 is 0 Å². The zero-order chi connectivity index (χ0) is 25.3. The van der Waals surface area contributed by atoms with Crippen LogP contribution in [0.1, 0.15) is 29.4 Å². The molecule has 1 N–H and O–H groups in total. The van der Waals surface area contributed by atoms with E-state index in [1.54, 1.807) is 6.21 Å². The first-order valence-electron chi connectivity index (χ1n) is 11.6. The highest BCUT2D eigenvalue weighted by molar-refractivity contribution is 7.99. The van der Waals surface area contributed by atoms with Crippen molar-refractivity contribution in [2.75, 3.05) is 12.4 Å². The molecule has 0 spiro atoms. The number of benzene rings is 3. The molecule has 0 aliphatic rings. The Labute approximate surface area is 215 Å². The summed E-state index contributed by atoms with van der Waals surface area (Å²) in [5, 5.41) is 7.02. The number of rotatable bonds is 10. The van der Waals surface area contributed by atoms with Gasteiger partial charge in [0.05, 0.1) is 18.6 Å². The number of carbonyl (C=O) groups excluding carboxylic acids is 1. The number of nitrogens with one attached hydrogen (secondary N) is 1. The van der Waals surface area contributed by atoms with Crippen molar-refractivity contribution in [2.45, 2.75) is 32.5 Å². The molecule has 8 heteroatoms. The largest absolute Gasteiger partial charge is 0.490 e. The third-order valence-electron chi connectivity index (χ3n) is 5.17. The molecule has 7 nitrogen and oxygen atoms in total. The van der Waals surface area contributed by atoms with E-state index in [4.69, 9.17) is 9.47 Å². The minimum atomic E-state index is -0.237. The summed E-state index contributed by atoms with van der Waals surface area (Å²) in [4.78, 5) is 20.8. The number of hydrazone groups is 1. The molecule has 1 amide bonds. The van der Waals surface area contributed by atoms with Crippen molar-refractivity contribution >= 4 is 34.7 Å². The molecule has 0 aliphatic carbocycles. The second-order valence-corrected chi connectivity index (χ2v) is 9.07. The Morgan fingerprint density at radius 3 is 2.50 bits per heavy atom. The molecule has 0 bridgehead atoms. The van der Waals surface area contributed by atoms with Gasteiger partial charge in [0.15, 0.2) is 16.7 Å². The third-order valence-corrected chi connectivity index (χ3v) is 6.02. The van der Waals surface area contributed by atoms with E-state index in [-0.39, 0.29) is 11.7 Å². The van der Waals surface area contributed by atoms with E-state index >= 15 is 0 Å². The quantitative estimate of drug-likeness (QED) is 0.135. The van der Waals surface area contributed by atoms with Crippen LogP contribution in [0.3, 0.4) is 0 Å². The fraction of sp³-hybridized carbons (Fsp3) is 0.214. The number of thioether (sulfide) groups is 1. The van der Waals surface area contributed by atoms with E-state index in [1.165, 1.54) is 22.5 Å². The van der Waals surface area contributed by atoms with Gasteiger partial charge >= 0.3 is 0 Å². The molecule has 3 aromatic carbocycles. The Balaban J connectivity index is 1.34. The molecule has 4 aromatic rings. The molecule has 184 valence electrons. The van der Waals surface area contributed by atoms with Gasteiger partial charge in [-0.05, 0) is 73.0 Å². The SMILES string of the molecule is CCOc1cc(/C=N\NC(=O)CSc2nc(C)cc(C)n2)ccc1OCc1ccc2ccccc2c1. The van der Waals surface area contributed by atoms with E-state index in [1.807, 2.05) is 57.2 Å². The van der Waals surface area contributed by atoms with Crippen LogP contribution in [0.4, 0.5) is 0 Å². The second-order valence-electron chi connectivity index (χ2n) is 8.12. The van der Waals surface area contributed by atoms with Crippen molar-refractivity contribution in [3.63, 3.8) is 0 Å². The molecule has 0 radical (unpaired) electrons. The highest BCUT2D eigenvalue weighted by atomic mass is 32.2. The standard InChI is InChI=1S/C28H28N4O3S/c1-4-34-26-15-21(16-29-32-27(33)18-36-28-30-19(2)13-20(3)31-28)10-12-25(26)35-17-22-9-11-23-7-5-6-8-24(23)14-22/h5-16H,4,17-18H2,1-3H3,(H,32,33)/b29-16-. The molecule has 1 aromatic heterocycles. The number of amides is 1. The molecular weight excluding hydrogens is 472 g/mol. The highest BCUT2D eigenvalue weighted by Gasteiger charge is 2.08. The van der Waals surface area contributed by atoms with Gasteiger partial charge in [-0.3, -0.25) is 4.79 Å². The normalized spacial score (nSPS) is 11.1. The molecule has 0 unspecified atom stereocenters. The molecule has 0 saturated carbocycles. The Hall–Kier alpha value is -3.91. The van der Waals surface area contributed by atoms with Gasteiger partial charge in [0.2, 0.25) is 0 Å². The van der Waals surface area contributed by atoms with E-state index in [0.717, 1.165) is 22.5 Å². The summed E-state index contributed by atoms with van der Waals surface area (Å²) < 4.78 is 11.8. The van der Waals surface area contributed by atoms with Gasteiger partial charge in [-0.25, -0.2) is 15.4 Å². The molecule has 0 fully saturated rings. The van der Waals surface area contributed by atoms with Crippen LogP contribution in [0.25, 0.3) is 10.8 Å². The molecule has 36 heavy (non-hydrogen) atoms. The van der Waals surface area contributed by atoms with Crippen LogP contribution in [-0.2, 0) is 11.4 Å². The van der Waals surface area contributed by atoms with Gasteiger partial charge in [-0.2, -0.15) is 5.10 Å². The fourth-order valence-electron chi connectivity index (χ4n) is 3.58. The molecular formula is C28H28N4O3S. The maximum atomic E-state index is 12.2. The van der Waals surface area contributed by atoms with Crippen LogP contribution in [0.15, 0.2) is 77.0 Å². The van der Waals surface area contributed by atoms with Crippen LogP contribution >= 0.6 is 11.8 Å². The Morgan fingerprint density at radius 2 is 1.72 bits per heavy atom. The van der Waals surface area contributed by atoms with Crippen molar-refractivity contribution in [2.24, 2.45) is 5.10 Å². The van der Waals surface area contributed by atoms with Gasteiger partial charge in [-0.1, -0.05) is 48.2 Å². The number of carbonyl (C=O) groups is 1. The second kappa shape index (κ2) is 12.2. The molecule has 4 rings (SSSR count). The fourth-order valence-corrected chi connectivity index (χ4v) is 4.32. The smallest absolute Gasteiger partial charge is 0.250 e. The lowest BCUT2D eigenvalue weighted by Gasteiger charge is -2.13. The number of fused-ring (bicyclic) bond motifs is 1. The Morgan fingerprint density at radius 1 is 0.944 bits per heavy atom. The summed E-state index contributed by atoms with van der Waals surface area (Å²) in [7, 11) is 0. The van der Waals surface area contributed by atoms with Crippen LogP contribution in [0, 0.1) is 13.8 Å². The van der Waals surface area contributed by atoms with Crippen LogP contribution < -0.4 is 14.9 Å². The van der Waals surface area contributed by atoms with Gasteiger partial charge in [-0.15, -0.1) is 0 Å². The molecule has 0 aliphatic heterocycles. The Bertz CT molecular complexity index is 1370. The summed E-state index contributed by atoms with van der Waals surface area (Å²) in [6.07, 6.45) is 1.57. The average Bonchev–Trinajstić information content (AvgIpc) is 2.86. The average molecular weight is 501 g/mol. The first-order chi connectivity index (χ1) is 17.5. The zero-order valence-corrected chi connectivity index (χ0v) is 21.3. The van der Waals surface area contributed by atoms with Crippen molar-refractivity contribution in [1.82, 2.24) is 15.4 Å². The van der Waals surface area contributed by atoms with Gasteiger partial charge in [0.1, 0.15) is 6.61 Å². The van der Waals surface area contributed by atoms with Crippen LogP contribution in [0.2, 0.25) is 0 Å². The monoisotopic (exact) mass is 500 g/mol. The lowest BCUT2D eigenvalue weighted by Crippen LogP contribution is -2.19.